The summed E-state index contributed by atoms with van der Waals surface area (Å²) >= 11 is 6.03. The molecule has 0 aromatic carbocycles. The molecular formula is C15H22ClN3O2. The van der Waals surface area contributed by atoms with Crippen molar-refractivity contribution in [2.45, 2.75) is 57.7 Å². The third kappa shape index (κ3) is 5.08. The van der Waals surface area contributed by atoms with Gasteiger partial charge in [-0.05, 0) is 52.2 Å². The molecule has 116 valence electrons. The Morgan fingerprint density at radius 3 is 2.76 bits per heavy atom. The van der Waals surface area contributed by atoms with Gasteiger partial charge in [0.05, 0.1) is 5.69 Å². The number of alkyl carbamates (subject to hydrolysis) is 1. The molecule has 2 N–H and O–H groups in total. The largest absolute Gasteiger partial charge is 0.444 e. The number of rotatable bonds is 3. The molecule has 1 saturated carbocycles. The van der Waals surface area contributed by atoms with Crippen LogP contribution in [0, 0.1) is 0 Å². The van der Waals surface area contributed by atoms with Crippen molar-refractivity contribution in [3.05, 3.63) is 23.5 Å². The average Bonchev–Trinajstić information content (AvgIpc) is 2.77. The Morgan fingerprint density at radius 1 is 1.38 bits per heavy atom. The number of nitrogens with zero attached hydrogens (tertiary/aromatic N) is 1. The van der Waals surface area contributed by atoms with Crippen LogP contribution in [0.3, 0.4) is 0 Å². The standard InChI is InChI=1S/C15H22ClN3O2/c1-15(2,3)21-14(20)19-11-7-6-10(9-11)18-12-5-4-8-17-13(12)16/h4-5,8,10-11,18H,6-7,9H2,1-3H3,(H,19,20). The Bertz CT molecular complexity index is 502. The molecular weight excluding hydrogens is 290 g/mol. The van der Waals surface area contributed by atoms with Gasteiger partial charge in [-0.3, -0.25) is 0 Å². The summed E-state index contributed by atoms with van der Waals surface area (Å²) < 4.78 is 5.27. The van der Waals surface area contributed by atoms with Crippen molar-refractivity contribution in [3.63, 3.8) is 0 Å². The van der Waals surface area contributed by atoms with Crippen LogP contribution in [0.2, 0.25) is 5.15 Å². The monoisotopic (exact) mass is 311 g/mol. The fraction of sp³-hybridized carbons (Fsp3) is 0.600. The molecule has 1 aliphatic carbocycles. The maximum atomic E-state index is 11.7. The second kappa shape index (κ2) is 6.52. The van der Waals surface area contributed by atoms with E-state index in [0.29, 0.717) is 5.15 Å². The minimum Gasteiger partial charge on any atom is -0.444 e. The molecule has 21 heavy (non-hydrogen) atoms. The summed E-state index contributed by atoms with van der Waals surface area (Å²) in [4.78, 5) is 15.8. The number of carbonyl (C=O) groups is 1. The highest BCUT2D eigenvalue weighted by atomic mass is 35.5. The first-order valence-corrected chi connectivity index (χ1v) is 7.58. The van der Waals surface area contributed by atoms with Gasteiger partial charge in [0, 0.05) is 18.3 Å². The number of nitrogens with one attached hydrogen (secondary N) is 2. The van der Waals surface area contributed by atoms with E-state index in [1.165, 1.54) is 0 Å². The lowest BCUT2D eigenvalue weighted by Gasteiger charge is -2.22. The molecule has 0 bridgehead atoms. The number of ether oxygens (including phenoxy) is 1. The Balaban J connectivity index is 1.81. The molecule has 0 aliphatic heterocycles. The molecule has 1 aromatic rings. The molecule has 0 saturated heterocycles. The highest BCUT2D eigenvalue weighted by Crippen LogP contribution is 2.26. The van der Waals surface area contributed by atoms with Gasteiger partial charge in [0.25, 0.3) is 0 Å². The fourth-order valence-electron chi connectivity index (χ4n) is 2.43. The molecule has 1 aliphatic rings. The summed E-state index contributed by atoms with van der Waals surface area (Å²) in [5.41, 5.74) is 0.367. The number of aromatic nitrogens is 1. The van der Waals surface area contributed by atoms with E-state index in [1.807, 2.05) is 32.9 Å². The maximum absolute atomic E-state index is 11.7. The van der Waals surface area contributed by atoms with E-state index in [0.717, 1.165) is 24.9 Å². The van der Waals surface area contributed by atoms with E-state index in [4.69, 9.17) is 16.3 Å². The van der Waals surface area contributed by atoms with Crippen molar-refractivity contribution in [3.8, 4) is 0 Å². The number of halogens is 1. The summed E-state index contributed by atoms with van der Waals surface area (Å²) in [7, 11) is 0. The molecule has 5 nitrogen and oxygen atoms in total. The van der Waals surface area contributed by atoms with E-state index < -0.39 is 5.60 Å². The van der Waals surface area contributed by atoms with Crippen LogP contribution in [-0.4, -0.2) is 28.8 Å². The molecule has 2 rings (SSSR count). The van der Waals surface area contributed by atoms with Crippen LogP contribution in [0.4, 0.5) is 10.5 Å². The van der Waals surface area contributed by atoms with Crippen LogP contribution in [0.15, 0.2) is 18.3 Å². The first-order valence-electron chi connectivity index (χ1n) is 7.20. The van der Waals surface area contributed by atoms with Gasteiger partial charge in [-0.2, -0.15) is 0 Å². The second-order valence-corrected chi connectivity index (χ2v) is 6.70. The number of pyridine rings is 1. The van der Waals surface area contributed by atoms with E-state index in [1.54, 1.807) is 6.20 Å². The van der Waals surface area contributed by atoms with Crippen molar-refractivity contribution in [2.75, 3.05) is 5.32 Å². The normalized spacial score (nSPS) is 21.9. The van der Waals surface area contributed by atoms with Crippen molar-refractivity contribution >= 4 is 23.4 Å². The number of hydrogen-bond donors (Lipinski definition) is 2. The lowest BCUT2D eigenvalue weighted by atomic mass is 10.2. The Morgan fingerprint density at radius 2 is 2.10 bits per heavy atom. The van der Waals surface area contributed by atoms with Crippen LogP contribution in [0.25, 0.3) is 0 Å². The Labute approximate surface area is 130 Å². The minimum absolute atomic E-state index is 0.132. The summed E-state index contributed by atoms with van der Waals surface area (Å²) in [6, 6.07) is 4.17. The fourth-order valence-corrected chi connectivity index (χ4v) is 2.61. The third-order valence-corrected chi connectivity index (χ3v) is 3.57. The number of anilines is 1. The van der Waals surface area contributed by atoms with Gasteiger partial charge in [0.2, 0.25) is 0 Å². The van der Waals surface area contributed by atoms with Gasteiger partial charge in [-0.25, -0.2) is 9.78 Å². The number of amides is 1. The van der Waals surface area contributed by atoms with Crippen LogP contribution < -0.4 is 10.6 Å². The first-order chi connectivity index (χ1) is 9.83. The lowest BCUT2D eigenvalue weighted by molar-refractivity contribution is 0.0505. The molecule has 6 heteroatoms. The Hall–Kier alpha value is -1.49. The predicted molar refractivity (Wildman–Crippen MR) is 83.7 cm³/mol. The van der Waals surface area contributed by atoms with Gasteiger partial charge in [-0.15, -0.1) is 0 Å². The smallest absolute Gasteiger partial charge is 0.407 e. The average molecular weight is 312 g/mol. The molecule has 0 spiro atoms. The van der Waals surface area contributed by atoms with Crippen molar-refractivity contribution in [2.24, 2.45) is 0 Å². The SMILES string of the molecule is CC(C)(C)OC(=O)NC1CCC(Nc2cccnc2Cl)C1. The Kier molecular flexibility index (Phi) is 4.93. The van der Waals surface area contributed by atoms with Crippen LogP contribution in [0.1, 0.15) is 40.0 Å². The van der Waals surface area contributed by atoms with Gasteiger partial charge >= 0.3 is 6.09 Å². The zero-order valence-corrected chi connectivity index (χ0v) is 13.4. The van der Waals surface area contributed by atoms with Crippen molar-refractivity contribution < 1.29 is 9.53 Å². The maximum Gasteiger partial charge on any atom is 0.407 e. The first kappa shape index (κ1) is 15.9. The van der Waals surface area contributed by atoms with Crippen LogP contribution in [-0.2, 0) is 4.74 Å². The minimum atomic E-state index is -0.469. The molecule has 2 atom stereocenters. The molecule has 1 amide bonds. The van der Waals surface area contributed by atoms with Gasteiger partial charge < -0.3 is 15.4 Å². The quantitative estimate of drug-likeness (QED) is 0.837. The molecule has 0 radical (unpaired) electrons. The summed E-state index contributed by atoms with van der Waals surface area (Å²) in [6.07, 6.45) is 4.06. The van der Waals surface area contributed by atoms with Gasteiger partial charge in [0.15, 0.2) is 5.15 Å². The zero-order valence-electron chi connectivity index (χ0n) is 12.6. The molecule has 1 aromatic heterocycles. The predicted octanol–water partition coefficient (Wildman–Crippen LogP) is 3.59. The highest BCUT2D eigenvalue weighted by molar-refractivity contribution is 6.31. The van der Waals surface area contributed by atoms with Crippen molar-refractivity contribution in [1.82, 2.24) is 10.3 Å². The highest BCUT2D eigenvalue weighted by Gasteiger charge is 2.27. The third-order valence-electron chi connectivity index (χ3n) is 3.27. The van der Waals surface area contributed by atoms with Crippen molar-refractivity contribution in [1.29, 1.82) is 0 Å². The van der Waals surface area contributed by atoms with E-state index in [2.05, 4.69) is 15.6 Å². The zero-order chi connectivity index (χ0) is 15.5. The van der Waals surface area contributed by atoms with Crippen LogP contribution >= 0.6 is 11.6 Å². The van der Waals surface area contributed by atoms with Gasteiger partial charge in [0.1, 0.15) is 5.60 Å². The number of hydrogen-bond acceptors (Lipinski definition) is 4. The van der Waals surface area contributed by atoms with Crippen LogP contribution in [0.5, 0.6) is 0 Å². The second-order valence-electron chi connectivity index (χ2n) is 6.34. The molecule has 2 unspecified atom stereocenters. The lowest BCUT2D eigenvalue weighted by Crippen LogP contribution is -2.38. The summed E-state index contributed by atoms with van der Waals surface area (Å²) in [5, 5.41) is 6.76. The van der Waals surface area contributed by atoms with E-state index in [9.17, 15) is 4.79 Å². The summed E-state index contributed by atoms with van der Waals surface area (Å²) in [5.74, 6) is 0. The number of carbonyl (C=O) groups excluding carboxylic acids is 1. The van der Waals surface area contributed by atoms with Gasteiger partial charge in [-0.1, -0.05) is 11.6 Å². The molecule has 1 fully saturated rings. The van der Waals surface area contributed by atoms with E-state index in [-0.39, 0.29) is 18.2 Å². The topological polar surface area (TPSA) is 63.2 Å². The van der Waals surface area contributed by atoms with E-state index >= 15 is 0 Å². The summed E-state index contributed by atoms with van der Waals surface area (Å²) in [6.45, 7) is 5.57. The molecule has 1 heterocycles.